The van der Waals surface area contributed by atoms with Crippen LogP contribution < -0.4 is 11.1 Å². The minimum Gasteiger partial charge on any atom is -0.291 e. The molecule has 0 saturated heterocycles. The fourth-order valence-electron chi connectivity index (χ4n) is 2.29. The lowest BCUT2D eigenvalue weighted by Gasteiger charge is -2.25. The summed E-state index contributed by atoms with van der Waals surface area (Å²) in [5, 5.41) is 0. The van der Waals surface area contributed by atoms with Crippen molar-refractivity contribution in [1.29, 1.82) is 0 Å². The summed E-state index contributed by atoms with van der Waals surface area (Å²) in [6.07, 6.45) is 2.11. The molecule has 5 nitrogen and oxygen atoms in total. The van der Waals surface area contributed by atoms with E-state index in [4.69, 9.17) is 0 Å². The molecule has 2 aromatic rings. The van der Waals surface area contributed by atoms with Crippen molar-refractivity contribution >= 4 is 11.2 Å². The Bertz CT molecular complexity index is 678. The predicted octanol–water partition coefficient (Wildman–Crippen LogP) is 0.523. The van der Waals surface area contributed by atoms with Crippen molar-refractivity contribution in [2.45, 2.75) is 25.9 Å². The van der Waals surface area contributed by atoms with Gasteiger partial charge in [0.1, 0.15) is 11.2 Å². The molecule has 5 heteroatoms. The van der Waals surface area contributed by atoms with Crippen LogP contribution in [0.4, 0.5) is 0 Å². The van der Waals surface area contributed by atoms with Crippen molar-refractivity contribution in [1.82, 2.24) is 14.1 Å². The molecular formula is C11H11N3O2. The molecule has 3 heterocycles. The molecule has 2 aromatic heterocycles. The van der Waals surface area contributed by atoms with E-state index in [-0.39, 0.29) is 17.2 Å². The van der Waals surface area contributed by atoms with Crippen molar-refractivity contribution < 1.29 is 0 Å². The molecule has 1 aliphatic heterocycles. The summed E-state index contributed by atoms with van der Waals surface area (Å²) in [6.45, 7) is 2.64. The highest BCUT2D eigenvalue weighted by Crippen LogP contribution is 2.20. The topological polar surface area (TPSA) is 56.9 Å². The molecule has 0 N–H and O–H groups in total. The van der Waals surface area contributed by atoms with Crippen LogP contribution in [0.25, 0.3) is 11.2 Å². The molecule has 0 bridgehead atoms. The van der Waals surface area contributed by atoms with Gasteiger partial charge >= 0.3 is 0 Å². The third-order valence-electron chi connectivity index (χ3n) is 3.13. The maximum atomic E-state index is 11.8. The van der Waals surface area contributed by atoms with Gasteiger partial charge in [-0.15, -0.1) is 0 Å². The minimum absolute atomic E-state index is 0.0687. The first-order chi connectivity index (χ1) is 7.68. The second-order valence-corrected chi connectivity index (χ2v) is 4.14. The van der Waals surface area contributed by atoms with E-state index in [0.29, 0.717) is 17.7 Å². The number of aryl methyl sites for hydroxylation is 1. The minimum atomic E-state index is -0.140. The Hall–Kier alpha value is -1.91. The number of hydrogen-bond acceptors (Lipinski definition) is 3. The van der Waals surface area contributed by atoms with Gasteiger partial charge in [0, 0.05) is 18.7 Å². The van der Waals surface area contributed by atoms with E-state index < -0.39 is 0 Å². The molecule has 0 amide bonds. The van der Waals surface area contributed by atoms with E-state index in [2.05, 4.69) is 4.98 Å². The van der Waals surface area contributed by atoms with E-state index >= 15 is 0 Å². The molecule has 0 radical (unpaired) electrons. The summed E-state index contributed by atoms with van der Waals surface area (Å²) in [5.74, 6) is 0. The number of aromatic nitrogens is 3. The molecule has 82 valence electrons. The van der Waals surface area contributed by atoms with Gasteiger partial charge in [0.05, 0.1) is 6.20 Å². The van der Waals surface area contributed by atoms with Gasteiger partial charge in [-0.1, -0.05) is 0 Å². The molecule has 0 aliphatic carbocycles. The highest BCUT2D eigenvalue weighted by atomic mass is 16.1. The van der Waals surface area contributed by atoms with Gasteiger partial charge in [-0.25, -0.2) is 4.98 Å². The summed E-state index contributed by atoms with van der Waals surface area (Å²) < 4.78 is 3.29. The van der Waals surface area contributed by atoms with E-state index in [1.165, 1.54) is 12.3 Å². The fraction of sp³-hybridized carbons (Fsp3) is 0.364. The van der Waals surface area contributed by atoms with Crippen molar-refractivity contribution in [2.24, 2.45) is 0 Å². The summed E-state index contributed by atoms with van der Waals surface area (Å²) in [4.78, 5) is 27.5. The van der Waals surface area contributed by atoms with Gasteiger partial charge in [-0.2, -0.15) is 0 Å². The zero-order valence-electron chi connectivity index (χ0n) is 8.88. The zero-order chi connectivity index (χ0) is 11.3. The maximum Gasteiger partial charge on any atom is 0.270 e. The largest absolute Gasteiger partial charge is 0.291 e. The number of pyridine rings is 1. The van der Waals surface area contributed by atoms with Crippen LogP contribution in [0.3, 0.4) is 0 Å². The quantitative estimate of drug-likeness (QED) is 0.646. The van der Waals surface area contributed by atoms with E-state index in [0.717, 1.165) is 6.42 Å². The second-order valence-electron chi connectivity index (χ2n) is 4.14. The summed E-state index contributed by atoms with van der Waals surface area (Å²) in [6, 6.07) is 3.30. The van der Waals surface area contributed by atoms with E-state index in [1.807, 2.05) is 6.92 Å². The lowest BCUT2D eigenvalue weighted by atomic mass is 10.2. The monoisotopic (exact) mass is 217 g/mol. The first kappa shape index (κ1) is 9.33. The van der Waals surface area contributed by atoms with E-state index in [1.54, 1.807) is 15.2 Å². The molecule has 16 heavy (non-hydrogen) atoms. The predicted molar refractivity (Wildman–Crippen MR) is 59.6 cm³/mol. The van der Waals surface area contributed by atoms with Crippen molar-refractivity contribution in [3.8, 4) is 0 Å². The third-order valence-corrected chi connectivity index (χ3v) is 3.13. The molecular weight excluding hydrogens is 206 g/mol. The zero-order valence-corrected chi connectivity index (χ0v) is 8.88. The van der Waals surface area contributed by atoms with Crippen molar-refractivity contribution in [2.75, 3.05) is 0 Å². The average molecular weight is 217 g/mol. The Balaban J connectivity index is 2.61. The standard InChI is InChI=1S/C11H11N3O2/c1-7-4-5-13-10(16)6-12-8-2-3-9(15)14(7)11(8)13/h2-3,6-7H,4-5H2,1H3. The summed E-state index contributed by atoms with van der Waals surface area (Å²) >= 11 is 0. The average Bonchev–Trinajstić information content (AvgIpc) is 2.27. The van der Waals surface area contributed by atoms with Gasteiger partial charge in [-0.05, 0) is 19.4 Å². The van der Waals surface area contributed by atoms with Crippen LogP contribution in [-0.4, -0.2) is 14.1 Å². The fourth-order valence-corrected chi connectivity index (χ4v) is 2.29. The first-order valence-corrected chi connectivity index (χ1v) is 5.29. The summed E-state index contributed by atoms with van der Waals surface area (Å²) in [7, 11) is 0. The Labute approximate surface area is 91.0 Å². The van der Waals surface area contributed by atoms with Crippen LogP contribution in [0, 0.1) is 0 Å². The third kappa shape index (κ3) is 1.08. The smallest absolute Gasteiger partial charge is 0.270 e. The van der Waals surface area contributed by atoms with Gasteiger partial charge < -0.3 is 0 Å². The maximum absolute atomic E-state index is 11.8. The highest BCUT2D eigenvalue weighted by Gasteiger charge is 2.19. The Kier molecular flexibility index (Phi) is 1.77. The van der Waals surface area contributed by atoms with Crippen LogP contribution in [0.15, 0.2) is 27.9 Å². The lowest BCUT2D eigenvalue weighted by Crippen LogP contribution is -2.34. The van der Waals surface area contributed by atoms with Gasteiger partial charge in [0.25, 0.3) is 11.1 Å². The highest BCUT2D eigenvalue weighted by molar-refractivity contribution is 5.70. The van der Waals surface area contributed by atoms with Gasteiger partial charge in [0.2, 0.25) is 0 Å². The number of nitrogens with zero attached hydrogens (tertiary/aromatic N) is 3. The van der Waals surface area contributed by atoms with Crippen LogP contribution in [0.5, 0.6) is 0 Å². The van der Waals surface area contributed by atoms with Crippen molar-refractivity contribution in [3.05, 3.63) is 39.0 Å². The Morgan fingerprint density at radius 2 is 2.12 bits per heavy atom. The summed E-state index contributed by atoms with van der Waals surface area (Å²) in [5.41, 5.74) is 1.14. The van der Waals surface area contributed by atoms with Gasteiger partial charge in [-0.3, -0.25) is 18.7 Å². The molecule has 0 spiro atoms. The first-order valence-electron chi connectivity index (χ1n) is 5.29. The Morgan fingerprint density at radius 3 is 2.94 bits per heavy atom. The Morgan fingerprint density at radius 1 is 1.31 bits per heavy atom. The van der Waals surface area contributed by atoms with Crippen LogP contribution in [-0.2, 0) is 6.54 Å². The van der Waals surface area contributed by atoms with Gasteiger partial charge in [0.15, 0.2) is 0 Å². The molecule has 1 unspecified atom stereocenters. The number of hydrogen-bond donors (Lipinski definition) is 0. The molecule has 0 fully saturated rings. The van der Waals surface area contributed by atoms with E-state index in [9.17, 15) is 9.59 Å². The second kappa shape index (κ2) is 3.04. The molecule has 1 aliphatic rings. The SMILES string of the molecule is CC1CCn2c(=O)cnc3ccc(=O)n1c32. The van der Waals surface area contributed by atoms with Crippen LogP contribution >= 0.6 is 0 Å². The molecule has 3 rings (SSSR count). The number of rotatable bonds is 0. The van der Waals surface area contributed by atoms with Crippen molar-refractivity contribution in [3.63, 3.8) is 0 Å². The van der Waals surface area contributed by atoms with Crippen LogP contribution in [0.1, 0.15) is 19.4 Å². The molecule has 1 atom stereocenters. The normalized spacial score (nSPS) is 18.9. The molecule has 0 aromatic carbocycles. The molecule has 0 saturated carbocycles. The van der Waals surface area contributed by atoms with Crippen LogP contribution in [0.2, 0.25) is 0 Å². The lowest BCUT2D eigenvalue weighted by molar-refractivity contribution is 0.419.